The van der Waals surface area contributed by atoms with Crippen LogP contribution in [0.15, 0.2) is 0 Å². The fraction of sp³-hybridized carbons (Fsp3) is 1.00. The number of rotatable bonds is 11. The van der Waals surface area contributed by atoms with Crippen molar-refractivity contribution in [2.24, 2.45) is 29.6 Å². The minimum absolute atomic E-state index is 0.494. The molecule has 6 aliphatic rings. The van der Waals surface area contributed by atoms with Gasteiger partial charge in [0.25, 0.3) is 0 Å². The molecule has 3 atom stereocenters. The van der Waals surface area contributed by atoms with Gasteiger partial charge in [-0.3, -0.25) is 14.7 Å². The highest BCUT2D eigenvalue weighted by atomic mass is 32.2. The number of fused-ring (bicyclic) bond motifs is 2. The summed E-state index contributed by atoms with van der Waals surface area (Å²) < 4.78 is 22.7. The molecule has 0 aliphatic carbocycles. The van der Waals surface area contributed by atoms with Gasteiger partial charge in [-0.2, -0.15) is 11.8 Å². The second-order valence-electron chi connectivity index (χ2n) is 18.3. The van der Waals surface area contributed by atoms with Crippen molar-refractivity contribution in [2.45, 2.75) is 100 Å². The van der Waals surface area contributed by atoms with Crippen LogP contribution in [-0.2, 0) is 9.47 Å². The van der Waals surface area contributed by atoms with Gasteiger partial charge in [0.1, 0.15) is 6.17 Å². The predicted octanol–water partition coefficient (Wildman–Crippen LogP) is 6.36. The number of ether oxygens (including phenoxy) is 2. The number of halogens is 1. The molecule has 10 heteroatoms. The Kier molecular flexibility index (Phi) is 25.5. The summed E-state index contributed by atoms with van der Waals surface area (Å²) in [7, 11) is 1.81. The minimum atomic E-state index is -0.538. The Morgan fingerprint density at radius 2 is 1.08 bits per heavy atom. The molecule has 6 rings (SSSR count). The van der Waals surface area contributed by atoms with Crippen molar-refractivity contribution in [2.75, 3.05) is 143 Å². The van der Waals surface area contributed by atoms with E-state index in [1.54, 1.807) is 0 Å². The highest BCUT2D eigenvalue weighted by Gasteiger charge is 2.32. The Morgan fingerprint density at radius 1 is 0.558 bits per heavy atom. The zero-order chi connectivity index (χ0) is 38.5. The maximum Gasteiger partial charge on any atom is 0.125 e. The van der Waals surface area contributed by atoms with Crippen LogP contribution in [0.1, 0.15) is 82.1 Å². The average molecular weight is 759 g/mol. The zero-order valence-corrected chi connectivity index (χ0v) is 37.0. The van der Waals surface area contributed by atoms with E-state index in [-0.39, 0.29) is 0 Å². The summed E-state index contributed by atoms with van der Waals surface area (Å²) in [5.41, 5.74) is 0. The zero-order valence-electron chi connectivity index (χ0n) is 36.2. The summed E-state index contributed by atoms with van der Waals surface area (Å²) in [5, 5.41) is 0. The molecular weight excluding hydrogens is 672 g/mol. The highest BCUT2D eigenvalue weighted by molar-refractivity contribution is 7.99. The largest absolute Gasteiger partial charge is 0.380 e. The summed E-state index contributed by atoms with van der Waals surface area (Å²) in [4.78, 5) is 15.0. The van der Waals surface area contributed by atoms with Crippen molar-refractivity contribution < 1.29 is 13.9 Å². The van der Waals surface area contributed by atoms with E-state index in [1.165, 1.54) is 96.3 Å². The quantitative estimate of drug-likeness (QED) is 0.240. The van der Waals surface area contributed by atoms with Gasteiger partial charge in [-0.05, 0) is 49.0 Å². The molecule has 0 saturated carbocycles. The van der Waals surface area contributed by atoms with E-state index in [9.17, 15) is 4.39 Å². The van der Waals surface area contributed by atoms with Crippen molar-refractivity contribution in [1.29, 1.82) is 0 Å². The van der Waals surface area contributed by atoms with E-state index < -0.39 is 6.17 Å². The van der Waals surface area contributed by atoms with Gasteiger partial charge in [-0.25, -0.2) is 4.39 Å². The minimum Gasteiger partial charge on any atom is -0.380 e. The first-order valence-corrected chi connectivity index (χ1v) is 22.6. The smallest absolute Gasteiger partial charge is 0.125 e. The fourth-order valence-corrected chi connectivity index (χ4v) is 8.90. The molecule has 6 saturated heterocycles. The number of likely N-dealkylation sites (tertiary alicyclic amines) is 2. The summed E-state index contributed by atoms with van der Waals surface area (Å²) in [6, 6.07) is 0.890. The van der Waals surface area contributed by atoms with Crippen LogP contribution in [0.5, 0.6) is 0 Å². The molecule has 310 valence electrons. The molecule has 0 spiro atoms. The van der Waals surface area contributed by atoms with Crippen molar-refractivity contribution in [3.8, 4) is 0 Å². The predicted molar refractivity (Wildman–Crippen MR) is 225 cm³/mol. The monoisotopic (exact) mass is 759 g/mol. The number of alkyl halides is 1. The molecule has 0 aromatic rings. The molecule has 8 nitrogen and oxygen atoms in total. The van der Waals surface area contributed by atoms with Crippen molar-refractivity contribution >= 4 is 11.8 Å². The van der Waals surface area contributed by atoms with E-state index in [2.05, 4.69) is 110 Å². The summed E-state index contributed by atoms with van der Waals surface area (Å²) in [5.74, 6) is 6.60. The molecule has 2 bridgehead atoms. The third kappa shape index (κ3) is 22.5. The number of methoxy groups -OCH3 is 1. The lowest BCUT2D eigenvalue weighted by atomic mass is 10.1. The Bertz CT molecular complexity index is 828. The first-order valence-electron chi connectivity index (χ1n) is 21.4. The van der Waals surface area contributed by atoms with Crippen LogP contribution >= 0.6 is 11.8 Å². The van der Waals surface area contributed by atoms with Gasteiger partial charge in [-0.1, -0.05) is 69.2 Å². The molecule has 3 unspecified atom stereocenters. The third-order valence-electron chi connectivity index (χ3n) is 10.2. The van der Waals surface area contributed by atoms with Crippen LogP contribution in [0.3, 0.4) is 0 Å². The highest BCUT2D eigenvalue weighted by Crippen LogP contribution is 2.21. The molecule has 0 amide bonds. The Balaban J connectivity index is 0.000000226. The second-order valence-corrected chi connectivity index (χ2v) is 19.5. The van der Waals surface area contributed by atoms with Crippen molar-refractivity contribution in [3.05, 3.63) is 0 Å². The normalized spacial score (nSPS) is 26.4. The number of thioether (sulfide) groups is 1. The maximum atomic E-state index is 12.2. The standard InChI is InChI=1S/C10H20N2.C9H19NO.C8H17NO.C8H17NS.C7H14FN/c1-9(2)7-12-6-5-11-4-3-10(12)8-11;1-8(2)6-10-5-4-9(7-10)11-3;2*1-8(2)7-9-3-5-10-6-4-9;1-6(2)3-9-4-7(8)5-9/h9-10H,3-8H2,1-2H3;8-9H,4-7H2,1-3H3;2*8H,3-7H2,1-2H3;6-7H,3-5H2,1-2H3. The average Bonchev–Trinajstić information content (AvgIpc) is 3.69. The van der Waals surface area contributed by atoms with Crippen LogP contribution in [0.25, 0.3) is 0 Å². The molecule has 0 N–H and O–H groups in total. The number of hydrogen-bond acceptors (Lipinski definition) is 9. The molecule has 52 heavy (non-hydrogen) atoms. The lowest BCUT2D eigenvalue weighted by Crippen LogP contribution is -2.49. The first kappa shape index (κ1) is 48.1. The summed E-state index contributed by atoms with van der Waals surface area (Å²) in [6.07, 6.45) is 2.58. The van der Waals surface area contributed by atoms with E-state index in [1.807, 2.05) is 7.11 Å². The van der Waals surface area contributed by atoms with Crippen LogP contribution in [-0.4, -0.2) is 191 Å². The lowest BCUT2D eigenvalue weighted by molar-refractivity contribution is 0.0329. The van der Waals surface area contributed by atoms with Crippen molar-refractivity contribution in [1.82, 2.24) is 29.4 Å². The topological polar surface area (TPSA) is 37.9 Å². The van der Waals surface area contributed by atoms with Gasteiger partial charge >= 0.3 is 0 Å². The SMILES string of the molecule is CC(C)CN1CC(F)C1.CC(C)CN1CCN2CCC1C2.CC(C)CN1CCOCC1.CC(C)CN1CCSCC1.COC1CCN(CC(C)C)C1. The Morgan fingerprint density at radius 3 is 1.58 bits per heavy atom. The Hall–Kier alpha value is -0.0400. The summed E-state index contributed by atoms with van der Waals surface area (Å²) in [6.45, 7) is 44.4. The maximum absolute atomic E-state index is 12.2. The van der Waals surface area contributed by atoms with Crippen LogP contribution in [0.2, 0.25) is 0 Å². The second kappa shape index (κ2) is 27.5. The van der Waals surface area contributed by atoms with Gasteiger partial charge in [0.05, 0.1) is 19.3 Å². The molecule has 0 aromatic carbocycles. The molecule has 6 aliphatic heterocycles. The summed E-state index contributed by atoms with van der Waals surface area (Å²) >= 11 is 2.08. The van der Waals surface area contributed by atoms with E-state index in [4.69, 9.17) is 9.47 Å². The van der Waals surface area contributed by atoms with E-state index in [0.717, 1.165) is 69.1 Å². The van der Waals surface area contributed by atoms with Gasteiger partial charge in [0.2, 0.25) is 0 Å². The molecular formula is C42H87FN6O2S. The number of nitrogens with zero attached hydrogens (tertiary/aromatic N) is 6. The number of piperazine rings is 1. The molecule has 6 fully saturated rings. The molecule has 0 radical (unpaired) electrons. The van der Waals surface area contributed by atoms with Gasteiger partial charge in [0, 0.05) is 129 Å². The molecule has 6 heterocycles. The van der Waals surface area contributed by atoms with Gasteiger partial charge in [0.15, 0.2) is 0 Å². The van der Waals surface area contributed by atoms with E-state index in [0.29, 0.717) is 25.1 Å². The van der Waals surface area contributed by atoms with Crippen molar-refractivity contribution in [3.63, 3.8) is 0 Å². The van der Waals surface area contributed by atoms with Crippen LogP contribution in [0.4, 0.5) is 4.39 Å². The fourth-order valence-electron chi connectivity index (χ4n) is 7.92. The van der Waals surface area contributed by atoms with Crippen LogP contribution in [0, 0.1) is 29.6 Å². The van der Waals surface area contributed by atoms with Gasteiger partial charge < -0.3 is 24.2 Å². The molecule has 0 aromatic heterocycles. The first-order chi connectivity index (χ1) is 24.7. The van der Waals surface area contributed by atoms with Gasteiger partial charge in [-0.15, -0.1) is 0 Å². The number of morpholine rings is 1. The lowest BCUT2D eigenvalue weighted by Gasteiger charge is -2.35. The van der Waals surface area contributed by atoms with Crippen LogP contribution < -0.4 is 0 Å². The van der Waals surface area contributed by atoms with E-state index >= 15 is 0 Å². The number of hydrogen-bond donors (Lipinski definition) is 0. The Labute approximate surface area is 327 Å². The third-order valence-corrected chi connectivity index (χ3v) is 11.2.